The van der Waals surface area contributed by atoms with Crippen molar-refractivity contribution in [2.75, 3.05) is 0 Å². The Morgan fingerprint density at radius 2 is 2.05 bits per heavy atom. The van der Waals surface area contributed by atoms with Gasteiger partial charge in [0.15, 0.2) is 5.82 Å². The number of aromatic nitrogens is 2. The first-order valence-corrected chi connectivity index (χ1v) is 5.15. The molecule has 0 amide bonds. The zero-order valence-electron chi connectivity index (χ0n) is 9.01. The van der Waals surface area contributed by atoms with Crippen molar-refractivity contribution in [2.24, 2.45) is 0 Å². The van der Waals surface area contributed by atoms with Crippen LogP contribution in [-0.4, -0.2) is 14.9 Å². The molecule has 0 atom stereocenters. The summed E-state index contributed by atoms with van der Waals surface area (Å²) in [6.07, 6.45) is 0.706. The lowest BCUT2D eigenvalue weighted by Gasteiger charge is -2.06. The van der Waals surface area contributed by atoms with Gasteiger partial charge in [-0.25, -0.2) is 9.37 Å². The summed E-state index contributed by atoms with van der Waals surface area (Å²) >= 11 is 5.43. The molecule has 0 spiro atoms. The zero-order valence-corrected chi connectivity index (χ0v) is 9.77. The third kappa shape index (κ3) is 2.74. The van der Waals surface area contributed by atoms with Gasteiger partial charge in [0, 0.05) is 6.07 Å². The Balaban J connectivity index is 2.49. The highest BCUT2D eigenvalue weighted by atomic mass is 35.5. The van der Waals surface area contributed by atoms with Crippen LogP contribution < -0.4 is 4.74 Å². The number of hydrogen-bond donors (Lipinski definition) is 0. The van der Waals surface area contributed by atoms with Gasteiger partial charge in [0.25, 0.3) is 5.88 Å². The summed E-state index contributed by atoms with van der Waals surface area (Å²) in [5.41, 5.74) is -0.658. The Bertz CT molecular complexity index is 654. The number of benzene rings is 1. The summed E-state index contributed by atoms with van der Waals surface area (Å²) in [5, 5.41) is 10.4. The monoisotopic (exact) mass is 287 g/mol. The Kier molecular flexibility index (Phi) is 3.52. The lowest BCUT2D eigenvalue weighted by atomic mass is 10.3. The van der Waals surface area contributed by atoms with Crippen molar-refractivity contribution in [3.05, 3.63) is 51.4 Å². The molecule has 1 heterocycles. The van der Waals surface area contributed by atoms with E-state index in [0.717, 1.165) is 18.2 Å². The molecule has 1 aromatic heterocycles. The highest BCUT2D eigenvalue weighted by Crippen LogP contribution is 2.33. The normalized spacial score (nSPS) is 10.3. The van der Waals surface area contributed by atoms with Crippen LogP contribution in [0.1, 0.15) is 0 Å². The molecule has 9 heteroatoms. The number of nitrogens with zero attached hydrogens (tertiary/aromatic N) is 3. The lowest BCUT2D eigenvalue weighted by molar-refractivity contribution is -0.385. The topological polar surface area (TPSA) is 78.2 Å². The molecule has 0 unspecified atom stereocenters. The number of nitro benzene ring substituents is 1. The second kappa shape index (κ2) is 5.11. The van der Waals surface area contributed by atoms with Crippen molar-refractivity contribution in [1.29, 1.82) is 0 Å². The van der Waals surface area contributed by atoms with Crippen molar-refractivity contribution in [1.82, 2.24) is 9.97 Å². The summed E-state index contributed by atoms with van der Waals surface area (Å²) in [5.74, 6) is -3.50. The van der Waals surface area contributed by atoms with Gasteiger partial charge in [0.1, 0.15) is 0 Å². The number of hydrogen-bond acceptors (Lipinski definition) is 5. The molecule has 0 saturated heterocycles. The highest BCUT2D eigenvalue weighted by molar-refractivity contribution is 6.28. The predicted molar refractivity (Wildman–Crippen MR) is 60.1 cm³/mol. The minimum absolute atomic E-state index is 0.338. The van der Waals surface area contributed by atoms with Gasteiger partial charge < -0.3 is 4.74 Å². The number of halogens is 3. The van der Waals surface area contributed by atoms with Crippen molar-refractivity contribution in [2.45, 2.75) is 0 Å². The maximum Gasteiger partial charge on any atom is 0.314 e. The summed E-state index contributed by atoms with van der Waals surface area (Å²) < 4.78 is 31.6. The fourth-order valence-corrected chi connectivity index (χ4v) is 1.37. The molecule has 0 N–H and O–H groups in total. The van der Waals surface area contributed by atoms with Gasteiger partial charge in [-0.05, 0) is 17.7 Å². The first-order chi connectivity index (χ1) is 8.99. The van der Waals surface area contributed by atoms with E-state index in [4.69, 9.17) is 16.3 Å². The quantitative estimate of drug-likeness (QED) is 0.492. The van der Waals surface area contributed by atoms with E-state index >= 15 is 0 Å². The van der Waals surface area contributed by atoms with Crippen LogP contribution in [0.15, 0.2) is 24.4 Å². The highest BCUT2D eigenvalue weighted by Gasteiger charge is 2.22. The fraction of sp³-hybridized carbons (Fsp3) is 0. The van der Waals surface area contributed by atoms with E-state index in [1.165, 1.54) is 0 Å². The largest absolute Gasteiger partial charge is 0.426 e. The Labute approximate surface area is 109 Å². The van der Waals surface area contributed by atoms with E-state index < -0.39 is 33.9 Å². The summed E-state index contributed by atoms with van der Waals surface area (Å²) in [7, 11) is 0. The number of ether oxygens (including phenoxy) is 1. The van der Waals surface area contributed by atoms with E-state index in [0.29, 0.717) is 6.20 Å². The fourth-order valence-electron chi connectivity index (χ4n) is 1.24. The Morgan fingerprint density at radius 3 is 2.74 bits per heavy atom. The predicted octanol–water partition coefficient (Wildman–Crippen LogP) is 3.11. The van der Waals surface area contributed by atoms with Gasteiger partial charge in [-0.3, -0.25) is 10.1 Å². The molecule has 0 fully saturated rings. The third-order valence-corrected chi connectivity index (χ3v) is 2.21. The van der Waals surface area contributed by atoms with Crippen LogP contribution in [0.2, 0.25) is 5.28 Å². The molecule has 1 aromatic carbocycles. The van der Waals surface area contributed by atoms with Gasteiger partial charge in [-0.2, -0.15) is 9.37 Å². The van der Waals surface area contributed by atoms with Gasteiger partial charge >= 0.3 is 5.69 Å². The standard InChI is InChI=1S/C10H4ClF2N3O3/c11-10-14-4-6(13)9(15-10)19-8-5(12)2-1-3-7(8)16(17)18/h1-4H. The third-order valence-electron chi connectivity index (χ3n) is 2.02. The van der Waals surface area contributed by atoms with Crippen LogP contribution >= 0.6 is 11.6 Å². The maximum atomic E-state index is 13.5. The first-order valence-electron chi connectivity index (χ1n) is 4.78. The van der Waals surface area contributed by atoms with Crippen LogP contribution in [0, 0.1) is 21.7 Å². The van der Waals surface area contributed by atoms with E-state index in [9.17, 15) is 18.9 Å². The summed E-state index contributed by atoms with van der Waals surface area (Å²) in [4.78, 5) is 16.6. The average Bonchev–Trinajstić information content (AvgIpc) is 2.35. The Hall–Kier alpha value is -2.35. The summed E-state index contributed by atoms with van der Waals surface area (Å²) in [6, 6.07) is 3.08. The molecule has 98 valence electrons. The van der Waals surface area contributed by atoms with Gasteiger partial charge in [-0.15, -0.1) is 0 Å². The van der Waals surface area contributed by atoms with E-state index in [2.05, 4.69) is 9.97 Å². The Morgan fingerprint density at radius 1 is 1.32 bits per heavy atom. The molecule has 0 bridgehead atoms. The van der Waals surface area contributed by atoms with Crippen molar-refractivity contribution in [3.8, 4) is 11.6 Å². The van der Waals surface area contributed by atoms with Crippen LogP contribution in [0.4, 0.5) is 14.5 Å². The zero-order chi connectivity index (χ0) is 14.0. The first kappa shape index (κ1) is 13.1. The molecule has 0 aliphatic heterocycles. The minimum atomic E-state index is -1.03. The maximum absolute atomic E-state index is 13.5. The number of rotatable bonds is 3. The molecule has 2 aromatic rings. The van der Waals surface area contributed by atoms with Crippen molar-refractivity contribution in [3.63, 3.8) is 0 Å². The molecule has 6 nitrogen and oxygen atoms in total. The van der Waals surface area contributed by atoms with Crippen LogP contribution in [-0.2, 0) is 0 Å². The van der Waals surface area contributed by atoms with Crippen molar-refractivity contribution < 1.29 is 18.4 Å². The molecule has 0 radical (unpaired) electrons. The molecular weight excluding hydrogens is 284 g/mol. The number of para-hydroxylation sites is 1. The second-order valence-corrected chi connectivity index (χ2v) is 3.58. The second-order valence-electron chi connectivity index (χ2n) is 3.24. The minimum Gasteiger partial charge on any atom is -0.426 e. The molecule has 2 rings (SSSR count). The van der Waals surface area contributed by atoms with Crippen molar-refractivity contribution >= 4 is 17.3 Å². The van der Waals surface area contributed by atoms with E-state index in [-0.39, 0.29) is 5.28 Å². The lowest BCUT2D eigenvalue weighted by Crippen LogP contribution is -1.99. The average molecular weight is 288 g/mol. The van der Waals surface area contributed by atoms with Gasteiger partial charge in [0.2, 0.25) is 16.9 Å². The molecule has 19 heavy (non-hydrogen) atoms. The van der Waals surface area contributed by atoms with Gasteiger partial charge in [0.05, 0.1) is 11.1 Å². The molecule has 0 aliphatic rings. The molecule has 0 saturated carbocycles. The smallest absolute Gasteiger partial charge is 0.314 e. The van der Waals surface area contributed by atoms with Crippen LogP contribution in [0.25, 0.3) is 0 Å². The van der Waals surface area contributed by atoms with Gasteiger partial charge in [-0.1, -0.05) is 6.07 Å². The van der Waals surface area contributed by atoms with E-state index in [1.807, 2.05) is 0 Å². The van der Waals surface area contributed by atoms with Crippen LogP contribution in [0.3, 0.4) is 0 Å². The molecular formula is C10H4ClF2N3O3. The number of nitro groups is 1. The van der Waals surface area contributed by atoms with E-state index in [1.54, 1.807) is 0 Å². The SMILES string of the molecule is O=[N+]([O-])c1cccc(F)c1Oc1nc(Cl)ncc1F. The molecule has 0 aliphatic carbocycles. The summed E-state index contributed by atoms with van der Waals surface area (Å²) in [6.45, 7) is 0. The van der Waals surface area contributed by atoms with Crippen LogP contribution in [0.5, 0.6) is 11.6 Å².